The van der Waals surface area contributed by atoms with E-state index in [2.05, 4.69) is 61.3 Å². The quantitative estimate of drug-likeness (QED) is 0.0576. The van der Waals surface area contributed by atoms with Gasteiger partial charge in [-0.25, -0.2) is 19.7 Å². The van der Waals surface area contributed by atoms with Crippen molar-refractivity contribution in [2.45, 2.75) is 20.5 Å². The van der Waals surface area contributed by atoms with E-state index in [-0.39, 0.29) is 12.2 Å². The highest BCUT2D eigenvalue weighted by atomic mass is 127. The second-order valence-corrected chi connectivity index (χ2v) is 12.7. The summed E-state index contributed by atoms with van der Waals surface area (Å²) in [6, 6.07) is 28.9. The topological polar surface area (TPSA) is 112 Å². The van der Waals surface area contributed by atoms with Crippen molar-refractivity contribution in [3.05, 3.63) is 150 Å². The zero-order chi connectivity index (χ0) is 33.9. The van der Waals surface area contributed by atoms with Crippen LogP contribution >= 0.6 is 45.2 Å². The molecule has 8 nitrogen and oxygen atoms in total. The first-order chi connectivity index (χ1) is 22.5. The van der Waals surface area contributed by atoms with E-state index >= 15 is 0 Å². The fourth-order valence-corrected chi connectivity index (χ4v) is 5.62. The van der Waals surface area contributed by atoms with Crippen LogP contribution in [0.1, 0.15) is 37.4 Å². The number of halogens is 4. The molecule has 0 bridgehead atoms. The van der Waals surface area contributed by atoms with Crippen molar-refractivity contribution < 1.29 is 28.4 Å². The van der Waals surface area contributed by atoms with E-state index in [4.69, 9.17) is 10.0 Å². The van der Waals surface area contributed by atoms with Gasteiger partial charge in [0.1, 0.15) is 11.6 Å². The summed E-state index contributed by atoms with van der Waals surface area (Å²) in [7, 11) is 0. The molecule has 5 N–H and O–H groups in total. The molecule has 0 spiro atoms. The number of anilines is 4. The van der Waals surface area contributed by atoms with E-state index in [1.807, 2.05) is 80.6 Å². The van der Waals surface area contributed by atoms with Crippen LogP contribution in [0.15, 0.2) is 103 Å². The first kappa shape index (κ1) is 35.7. The van der Waals surface area contributed by atoms with Gasteiger partial charge in [0.15, 0.2) is 0 Å². The highest BCUT2D eigenvalue weighted by Crippen LogP contribution is 2.27. The van der Waals surface area contributed by atoms with E-state index in [0.29, 0.717) is 16.9 Å². The van der Waals surface area contributed by atoms with Crippen molar-refractivity contribution in [3.63, 3.8) is 0 Å². The van der Waals surface area contributed by atoms with Crippen LogP contribution < -0.4 is 21.6 Å². The first-order valence-corrected chi connectivity index (χ1v) is 16.3. The van der Waals surface area contributed by atoms with Crippen molar-refractivity contribution in [3.8, 4) is 0 Å². The van der Waals surface area contributed by atoms with E-state index in [1.54, 1.807) is 0 Å². The lowest BCUT2D eigenvalue weighted by molar-refractivity contribution is 0.0234. The van der Waals surface area contributed by atoms with Gasteiger partial charge in [-0.3, -0.25) is 19.6 Å². The first-order valence-electron chi connectivity index (χ1n) is 14.1. The van der Waals surface area contributed by atoms with Crippen LogP contribution in [0.4, 0.5) is 31.5 Å². The van der Waals surface area contributed by atoms with Gasteiger partial charge in [-0.05, 0) is 149 Å². The molecule has 0 heterocycles. The average molecular weight is 862 g/mol. The molecule has 5 rings (SSSR count). The molecule has 0 aromatic heterocycles. The van der Waals surface area contributed by atoms with E-state index < -0.39 is 23.4 Å². The number of nitrogens with one attached hydrogen (secondary N) is 4. The fraction of sp³-hybridized carbons (Fsp3) is 0.0857. The maximum absolute atomic E-state index is 13.7. The number of carbonyl (C=O) groups excluding carboxylic acids is 2. The number of benzene rings is 5. The summed E-state index contributed by atoms with van der Waals surface area (Å²) < 4.78 is 29.2. The number of rotatable bonds is 9. The van der Waals surface area contributed by atoms with Crippen molar-refractivity contribution in [2.24, 2.45) is 0 Å². The highest BCUT2D eigenvalue weighted by molar-refractivity contribution is 14.1. The minimum atomic E-state index is -0.768. The molecule has 5 aromatic rings. The lowest BCUT2D eigenvalue weighted by Gasteiger charge is -2.14. The summed E-state index contributed by atoms with van der Waals surface area (Å²) in [6.07, 6.45) is 0. The third-order valence-corrected chi connectivity index (χ3v) is 8.06. The molecule has 0 radical (unpaired) electrons. The normalized spacial score (nSPS) is 10.4. The maximum Gasteiger partial charge on any atom is 0.276 e. The van der Waals surface area contributed by atoms with E-state index in [1.165, 1.54) is 35.8 Å². The Balaban J connectivity index is 0.000000223. The Kier molecular flexibility index (Phi) is 13.0. The van der Waals surface area contributed by atoms with Gasteiger partial charge in [0.2, 0.25) is 0 Å². The Morgan fingerprint density at radius 1 is 0.660 bits per heavy atom. The number of hydrogen-bond donors (Lipinski definition) is 5. The van der Waals surface area contributed by atoms with Gasteiger partial charge < -0.3 is 10.6 Å². The molecule has 0 fully saturated rings. The Hall–Kier alpha value is -4.12. The number of amides is 2. The molecule has 242 valence electrons. The Bertz CT molecular complexity index is 1880. The van der Waals surface area contributed by atoms with Crippen molar-refractivity contribution in [1.82, 2.24) is 11.0 Å². The molecule has 0 aliphatic heterocycles. The minimum Gasteiger partial charge on any atom is -0.355 e. The highest BCUT2D eigenvalue weighted by Gasteiger charge is 2.15. The molecule has 0 saturated heterocycles. The summed E-state index contributed by atoms with van der Waals surface area (Å²) >= 11 is 4.43. The van der Waals surface area contributed by atoms with Crippen molar-refractivity contribution in [2.75, 3.05) is 10.6 Å². The van der Waals surface area contributed by atoms with Crippen LogP contribution in [-0.2, 0) is 11.4 Å². The Morgan fingerprint density at radius 3 is 1.81 bits per heavy atom. The SMILES string of the molecule is Cc1cc(I)ccc1Nc1cc(F)ccc1C(=O)NOCc1ccccc1.Cc1cc(I)ccc1Nc1ccc(F)cc1C(=O)NO. The van der Waals surface area contributed by atoms with Crippen molar-refractivity contribution in [1.29, 1.82) is 0 Å². The largest absolute Gasteiger partial charge is 0.355 e. The zero-order valence-electron chi connectivity index (χ0n) is 25.2. The molecule has 0 aliphatic carbocycles. The van der Waals surface area contributed by atoms with Crippen LogP contribution in [0.3, 0.4) is 0 Å². The summed E-state index contributed by atoms with van der Waals surface area (Å²) in [6.45, 7) is 4.12. The minimum absolute atomic E-state index is 0.0328. The van der Waals surface area contributed by atoms with Crippen LogP contribution in [0.25, 0.3) is 0 Å². The number of hydroxylamine groups is 2. The van der Waals surface area contributed by atoms with Gasteiger partial charge in [-0.2, -0.15) is 0 Å². The smallest absolute Gasteiger partial charge is 0.276 e. The maximum atomic E-state index is 13.7. The van der Waals surface area contributed by atoms with Gasteiger partial charge in [0.05, 0.1) is 29.1 Å². The second kappa shape index (κ2) is 17.2. The molecule has 47 heavy (non-hydrogen) atoms. The molecule has 0 saturated carbocycles. The standard InChI is InChI=1S/C21H18FIN2O2.C14H12FIN2O2/c1-14-11-17(23)8-10-19(14)24-20-12-16(22)7-9-18(20)21(26)25-27-13-15-5-3-2-4-6-15;1-8-6-10(16)3-5-12(8)17-13-4-2-9(15)7-11(13)14(19)18-20/h2-12,24H,13H2,1H3,(H,25,26);2-7,17,20H,1H3,(H,18,19). The molecule has 5 aromatic carbocycles. The van der Waals surface area contributed by atoms with E-state index in [0.717, 1.165) is 41.3 Å². The van der Waals surface area contributed by atoms with Crippen LogP contribution in [0.5, 0.6) is 0 Å². The number of aryl methyl sites for hydroxylation is 2. The van der Waals surface area contributed by atoms with Gasteiger partial charge in [-0.1, -0.05) is 30.3 Å². The number of hydrogen-bond acceptors (Lipinski definition) is 6. The molecule has 2 amide bonds. The second-order valence-electron chi connectivity index (χ2n) is 10.2. The van der Waals surface area contributed by atoms with Crippen LogP contribution in [0.2, 0.25) is 0 Å². The monoisotopic (exact) mass is 862 g/mol. The predicted molar refractivity (Wildman–Crippen MR) is 195 cm³/mol. The molecule has 0 aliphatic rings. The van der Waals surface area contributed by atoms with Gasteiger partial charge in [0, 0.05) is 18.5 Å². The Labute approximate surface area is 298 Å². The summed E-state index contributed by atoms with van der Waals surface area (Å²) in [5.74, 6) is -2.19. The average Bonchev–Trinajstić information content (AvgIpc) is 3.05. The molecule has 0 atom stereocenters. The molecule has 0 unspecified atom stereocenters. The predicted octanol–water partition coefficient (Wildman–Crippen LogP) is 8.95. The molecule has 12 heteroatoms. The third kappa shape index (κ3) is 10.4. The van der Waals surface area contributed by atoms with Gasteiger partial charge in [0.25, 0.3) is 11.8 Å². The van der Waals surface area contributed by atoms with Crippen molar-refractivity contribution >= 4 is 79.7 Å². The lowest BCUT2D eigenvalue weighted by atomic mass is 10.1. The van der Waals surface area contributed by atoms with Gasteiger partial charge in [-0.15, -0.1) is 0 Å². The van der Waals surface area contributed by atoms with Gasteiger partial charge >= 0.3 is 0 Å². The summed E-state index contributed by atoms with van der Waals surface area (Å²) in [4.78, 5) is 29.3. The lowest BCUT2D eigenvalue weighted by Crippen LogP contribution is -2.24. The van der Waals surface area contributed by atoms with Crippen LogP contribution in [0, 0.1) is 32.6 Å². The zero-order valence-corrected chi connectivity index (χ0v) is 29.5. The molecular formula is C35H30F2I2N4O4. The van der Waals surface area contributed by atoms with E-state index in [9.17, 15) is 18.4 Å². The fourth-order valence-electron chi connectivity index (χ4n) is 4.33. The van der Waals surface area contributed by atoms with Crippen LogP contribution in [-0.4, -0.2) is 17.0 Å². The molecular weight excluding hydrogens is 832 g/mol. The third-order valence-electron chi connectivity index (χ3n) is 6.72. The summed E-state index contributed by atoms with van der Waals surface area (Å²) in [5.41, 5.74) is 9.59. The Morgan fingerprint density at radius 2 is 1.21 bits per heavy atom. The summed E-state index contributed by atoms with van der Waals surface area (Å²) in [5, 5.41) is 14.9. The number of carbonyl (C=O) groups is 2.